The molecule has 0 aliphatic heterocycles. The Bertz CT molecular complexity index is 523. The number of hydrogen-bond donors (Lipinski definition) is 2. The van der Waals surface area contributed by atoms with Crippen molar-refractivity contribution in [1.82, 2.24) is 10.3 Å². The zero-order chi connectivity index (χ0) is 16.8. The Hall–Kier alpha value is -2.11. The molecule has 1 aromatic heterocycles. The predicted octanol–water partition coefficient (Wildman–Crippen LogP) is 3.21. The number of aliphatic carboxylic acids is 1. The number of rotatable bonds is 6. The van der Waals surface area contributed by atoms with Crippen LogP contribution in [0.2, 0.25) is 0 Å². The van der Waals surface area contributed by atoms with Gasteiger partial charge in [0.25, 0.3) is 0 Å². The van der Waals surface area contributed by atoms with Crippen molar-refractivity contribution >= 4 is 12.1 Å². The van der Waals surface area contributed by atoms with Gasteiger partial charge in [0.05, 0.1) is 11.7 Å². The average molecular weight is 308 g/mol. The molecule has 0 bridgehead atoms. The Morgan fingerprint density at radius 3 is 2.64 bits per heavy atom. The van der Waals surface area contributed by atoms with Gasteiger partial charge >= 0.3 is 12.1 Å². The molecule has 0 fully saturated rings. The van der Waals surface area contributed by atoms with Crippen molar-refractivity contribution < 1.29 is 19.4 Å². The number of carboxylic acid groups (broad SMARTS) is 1. The van der Waals surface area contributed by atoms with Crippen molar-refractivity contribution in [2.75, 3.05) is 0 Å². The predicted molar refractivity (Wildman–Crippen MR) is 82.6 cm³/mol. The number of aromatic nitrogens is 1. The van der Waals surface area contributed by atoms with Gasteiger partial charge in [-0.1, -0.05) is 0 Å². The summed E-state index contributed by atoms with van der Waals surface area (Å²) < 4.78 is 5.25. The summed E-state index contributed by atoms with van der Waals surface area (Å²) in [6.45, 7) is 7.30. The lowest BCUT2D eigenvalue weighted by atomic mass is 10.0. The van der Waals surface area contributed by atoms with Crippen LogP contribution in [0.15, 0.2) is 18.3 Å². The highest BCUT2D eigenvalue weighted by Gasteiger charge is 2.21. The Balaban J connectivity index is 2.77. The van der Waals surface area contributed by atoms with E-state index in [1.54, 1.807) is 27.0 Å². The molecule has 6 nitrogen and oxygen atoms in total. The normalized spacial score (nSPS) is 12.5. The number of carboxylic acids is 1. The molecule has 0 aliphatic carbocycles. The van der Waals surface area contributed by atoms with Crippen molar-refractivity contribution in [2.24, 2.45) is 0 Å². The third-order valence-corrected chi connectivity index (χ3v) is 2.87. The SMILES string of the molecule is Cc1ccnc(C(CCCC(=O)O)NC(=O)OC(C)(C)C)c1. The average Bonchev–Trinajstić information content (AvgIpc) is 2.35. The maximum absolute atomic E-state index is 11.9. The van der Waals surface area contributed by atoms with E-state index in [0.29, 0.717) is 18.5 Å². The lowest BCUT2D eigenvalue weighted by Gasteiger charge is -2.23. The molecule has 1 unspecified atom stereocenters. The summed E-state index contributed by atoms with van der Waals surface area (Å²) in [6.07, 6.45) is 2.13. The molecule has 0 aliphatic rings. The standard InChI is InChI=1S/C16H24N2O4/c1-11-8-9-17-13(10-11)12(6-5-7-14(19)20)18-15(21)22-16(2,3)4/h8-10,12H,5-7H2,1-4H3,(H,18,21)(H,19,20). The largest absolute Gasteiger partial charge is 0.481 e. The summed E-state index contributed by atoms with van der Waals surface area (Å²) in [5, 5.41) is 11.5. The van der Waals surface area contributed by atoms with Gasteiger partial charge in [0, 0.05) is 12.6 Å². The molecule has 1 rings (SSSR count). The monoisotopic (exact) mass is 308 g/mol. The summed E-state index contributed by atoms with van der Waals surface area (Å²) >= 11 is 0. The number of carbonyl (C=O) groups is 2. The van der Waals surface area contributed by atoms with Gasteiger partial charge < -0.3 is 15.2 Å². The van der Waals surface area contributed by atoms with Crippen LogP contribution in [0.1, 0.15) is 57.3 Å². The summed E-state index contributed by atoms with van der Waals surface area (Å²) in [6, 6.07) is 3.38. The number of aryl methyl sites for hydroxylation is 1. The topological polar surface area (TPSA) is 88.5 Å². The molecule has 122 valence electrons. The number of carbonyl (C=O) groups excluding carboxylic acids is 1. The number of ether oxygens (including phenoxy) is 1. The second kappa shape index (κ2) is 7.77. The Morgan fingerprint density at radius 2 is 2.09 bits per heavy atom. The molecule has 6 heteroatoms. The highest BCUT2D eigenvalue weighted by molar-refractivity contribution is 5.68. The van der Waals surface area contributed by atoms with Gasteiger partial charge in [-0.05, 0) is 58.2 Å². The van der Waals surface area contributed by atoms with Gasteiger partial charge in [0.1, 0.15) is 5.60 Å². The molecule has 1 atom stereocenters. The van der Waals surface area contributed by atoms with E-state index in [0.717, 1.165) is 5.56 Å². The molecular weight excluding hydrogens is 284 g/mol. The van der Waals surface area contributed by atoms with E-state index in [1.165, 1.54) is 0 Å². The van der Waals surface area contributed by atoms with Crippen LogP contribution in [-0.2, 0) is 9.53 Å². The molecule has 2 N–H and O–H groups in total. The minimum absolute atomic E-state index is 0.0539. The van der Waals surface area contributed by atoms with Gasteiger partial charge in [-0.25, -0.2) is 4.79 Å². The van der Waals surface area contributed by atoms with Crippen LogP contribution in [0.4, 0.5) is 4.79 Å². The lowest BCUT2D eigenvalue weighted by molar-refractivity contribution is -0.137. The molecule has 0 aromatic carbocycles. The molecular formula is C16H24N2O4. The van der Waals surface area contributed by atoms with Crippen molar-refractivity contribution in [3.63, 3.8) is 0 Å². The van der Waals surface area contributed by atoms with Crippen LogP contribution in [0.5, 0.6) is 0 Å². The first kappa shape index (κ1) is 17.9. The van der Waals surface area contributed by atoms with E-state index in [9.17, 15) is 9.59 Å². The number of nitrogens with one attached hydrogen (secondary N) is 1. The van der Waals surface area contributed by atoms with Crippen LogP contribution in [0.3, 0.4) is 0 Å². The van der Waals surface area contributed by atoms with E-state index in [4.69, 9.17) is 9.84 Å². The second-order valence-corrected chi connectivity index (χ2v) is 6.24. The van der Waals surface area contributed by atoms with E-state index in [-0.39, 0.29) is 12.5 Å². The summed E-state index contributed by atoms with van der Waals surface area (Å²) in [7, 11) is 0. The van der Waals surface area contributed by atoms with Gasteiger partial charge in [-0.2, -0.15) is 0 Å². The van der Waals surface area contributed by atoms with Crippen LogP contribution >= 0.6 is 0 Å². The highest BCUT2D eigenvalue weighted by Crippen LogP contribution is 2.19. The first-order valence-corrected chi connectivity index (χ1v) is 7.31. The van der Waals surface area contributed by atoms with Crippen LogP contribution in [-0.4, -0.2) is 27.8 Å². The van der Waals surface area contributed by atoms with Crippen molar-refractivity contribution in [3.05, 3.63) is 29.6 Å². The van der Waals surface area contributed by atoms with Crippen LogP contribution in [0, 0.1) is 6.92 Å². The van der Waals surface area contributed by atoms with Gasteiger partial charge in [0.2, 0.25) is 0 Å². The van der Waals surface area contributed by atoms with Gasteiger partial charge in [0.15, 0.2) is 0 Å². The third-order valence-electron chi connectivity index (χ3n) is 2.87. The quantitative estimate of drug-likeness (QED) is 0.842. The van der Waals surface area contributed by atoms with Gasteiger partial charge in [-0.3, -0.25) is 9.78 Å². The fourth-order valence-electron chi connectivity index (χ4n) is 1.95. The van der Waals surface area contributed by atoms with Crippen molar-refractivity contribution in [3.8, 4) is 0 Å². The highest BCUT2D eigenvalue weighted by atomic mass is 16.6. The fraction of sp³-hybridized carbons (Fsp3) is 0.562. The summed E-state index contributed by atoms with van der Waals surface area (Å²) in [5.41, 5.74) is 1.14. The summed E-state index contributed by atoms with van der Waals surface area (Å²) in [5.74, 6) is -0.854. The molecule has 1 heterocycles. The fourth-order valence-corrected chi connectivity index (χ4v) is 1.95. The number of amides is 1. The zero-order valence-electron chi connectivity index (χ0n) is 13.5. The Kier molecular flexibility index (Phi) is 6.34. The molecule has 0 spiro atoms. The Labute approximate surface area is 130 Å². The summed E-state index contributed by atoms with van der Waals surface area (Å²) in [4.78, 5) is 26.9. The lowest BCUT2D eigenvalue weighted by Crippen LogP contribution is -2.35. The zero-order valence-corrected chi connectivity index (χ0v) is 13.5. The molecule has 0 radical (unpaired) electrons. The third kappa shape index (κ3) is 7.06. The first-order valence-electron chi connectivity index (χ1n) is 7.31. The molecule has 1 aromatic rings. The second-order valence-electron chi connectivity index (χ2n) is 6.24. The minimum Gasteiger partial charge on any atom is -0.481 e. The van der Waals surface area contributed by atoms with Crippen LogP contribution in [0.25, 0.3) is 0 Å². The van der Waals surface area contributed by atoms with Crippen molar-refractivity contribution in [2.45, 2.75) is 58.6 Å². The van der Waals surface area contributed by atoms with E-state index in [2.05, 4.69) is 10.3 Å². The first-order chi connectivity index (χ1) is 10.2. The molecule has 0 saturated heterocycles. The minimum atomic E-state index is -0.854. The smallest absolute Gasteiger partial charge is 0.408 e. The number of pyridine rings is 1. The molecule has 0 saturated carbocycles. The van der Waals surface area contributed by atoms with Crippen molar-refractivity contribution in [1.29, 1.82) is 0 Å². The van der Waals surface area contributed by atoms with E-state index < -0.39 is 17.7 Å². The Morgan fingerprint density at radius 1 is 1.41 bits per heavy atom. The molecule has 1 amide bonds. The van der Waals surface area contributed by atoms with E-state index in [1.807, 2.05) is 19.1 Å². The maximum atomic E-state index is 11.9. The number of nitrogens with zero attached hydrogens (tertiary/aromatic N) is 1. The maximum Gasteiger partial charge on any atom is 0.408 e. The molecule has 22 heavy (non-hydrogen) atoms. The van der Waals surface area contributed by atoms with E-state index >= 15 is 0 Å². The number of alkyl carbamates (subject to hydrolysis) is 1. The van der Waals surface area contributed by atoms with Crippen LogP contribution < -0.4 is 5.32 Å². The number of hydrogen-bond acceptors (Lipinski definition) is 4. The van der Waals surface area contributed by atoms with Gasteiger partial charge in [-0.15, -0.1) is 0 Å².